The third-order valence-corrected chi connectivity index (χ3v) is 3.86. The fraction of sp³-hybridized carbons (Fsp3) is 0. The number of fused-ring (bicyclic) bond motifs is 1. The second-order valence-corrected chi connectivity index (χ2v) is 5.39. The summed E-state index contributed by atoms with van der Waals surface area (Å²) >= 11 is 0. The van der Waals surface area contributed by atoms with Crippen LogP contribution in [0.15, 0.2) is 78.9 Å². The van der Waals surface area contributed by atoms with Gasteiger partial charge in [-0.1, -0.05) is 66.7 Å². The number of rotatable bonds is 2. The molecule has 110 valence electrons. The molecule has 0 fully saturated rings. The van der Waals surface area contributed by atoms with E-state index in [9.17, 15) is 0 Å². The Bertz CT molecular complexity index is 961. The Morgan fingerprint density at radius 2 is 1.04 bits per heavy atom. The predicted molar refractivity (Wildman–Crippen MR) is 94.8 cm³/mol. The summed E-state index contributed by atoms with van der Waals surface area (Å²) in [6, 6.07) is 26.3. The molecule has 1 heterocycles. The largest absolute Gasteiger partial charge is 0.382 e. The number of anilines is 1. The molecule has 3 nitrogen and oxygen atoms in total. The molecular weight excluding hydrogens is 282 g/mol. The highest BCUT2D eigenvalue weighted by Gasteiger charge is 2.08. The van der Waals surface area contributed by atoms with Crippen LogP contribution in [0.3, 0.4) is 0 Å². The zero-order valence-corrected chi connectivity index (χ0v) is 12.5. The average molecular weight is 297 g/mol. The molecular formula is C20H15N3. The minimum absolute atomic E-state index is 0.455. The smallest absolute Gasteiger partial charge is 0.150 e. The van der Waals surface area contributed by atoms with E-state index < -0.39 is 0 Å². The van der Waals surface area contributed by atoms with E-state index in [2.05, 4.69) is 34.2 Å². The number of para-hydroxylation sites is 2. The number of aromatic nitrogens is 2. The summed E-state index contributed by atoms with van der Waals surface area (Å²) in [7, 11) is 0. The van der Waals surface area contributed by atoms with Crippen LogP contribution in [0.25, 0.3) is 33.4 Å². The molecule has 0 atom stereocenters. The maximum atomic E-state index is 6.09. The highest BCUT2D eigenvalue weighted by molar-refractivity contribution is 5.82. The topological polar surface area (TPSA) is 51.8 Å². The van der Waals surface area contributed by atoms with Crippen molar-refractivity contribution in [2.24, 2.45) is 0 Å². The van der Waals surface area contributed by atoms with Crippen LogP contribution in [0.2, 0.25) is 0 Å². The zero-order valence-electron chi connectivity index (χ0n) is 12.5. The van der Waals surface area contributed by atoms with E-state index in [0.29, 0.717) is 5.82 Å². The maximum absolute atomic E-state index is 6.09. The van der Waals surface area contributed by atoms with Gasteiger partial charge in [-0.2, -0.15) is 0 Å². The lowest BCUT2D eigenvalue weighted by atomic mass is 10.0. The van der Waals surface area contributed by atoms with Crippen LogP contribution in [0, 0.1) is 0 Å². The summed E-state index contributed by atoms with van der Waals surface area (Å²) in [5.41, 5.74) is 11.8. The molecule has 0 amide bonds. The Morgan fingerprint density at radius 1 is 0.522 bits per heavy atom. The number of nitrogens with zero attached hydrogens (tertiary/aromatic N) is 2. The van der Waals surface area contributed by atoms with Gasteiger partial charge < -0.3 is 5.73 Å². The summed E-state index contributed by atoms with van der Waals surface area (Å²) < 4.78 is 0. The number of nitrogens with two attached hydrogens (primary N) is 1. The van der Waals surface area contributed by atoms with E-state index in [-0.39, 0.29) is 0 Å². The van der Waals surface area contributed by atoms with Gasteiger partial charge in [-0.25, -0.2) is 9.97 Å². The Hall–Kier alpha value is -3.20. The third kappa shape index (κ3) is 2.53. The standard InChI is InChI=1S/C20H15N3/c21-20-19(22-17-8-4-5-9-18(17)23-20)16-12-10-15(11-13-16)14-6-2-1-3-7-14/h1-13H,(H2,21,23). The lowest BCUT2D eigenvalue weighted by Crippen LogP contribution is -1.98. The fourth-order valence-corrected chi connectivity index (χ4v) is 2.68. The van der Waals surface area contributed by atoms with Crippen molar-refractivity contribution in [1.29, 1.82) is 0 Å². The molecule has 0 radical (unpaired) electrons. The summed E-state index contributed by atoms with van der Waals surface area (Å²) in [6.45, 7) is 0. The van der Waals surface area contributed by atoms with Gasteiger partial charge in [-0.05, 0) is 23.3 Å². The normalized spacial score (nSPS) is 10.8. The van der Waals surface area contributed by atoms with Crippen molar-refractivity contribution in [3.63, 3.8) is 0 Å². The van der Waals surface area contributed by atoms with Gasteiger partial charge in [0, 0.05) is 5.56 Å². The highest BCUT2D eigenvalue weighted by Crippen LogP contribution is 2.27. The van der Waals surface area contributed by atoms with Gasteiger partial charge in [-0.15, -0.1) is 0 Å². The van der Waals surface area contributed by atoms with Gasteiger partial charge in [0.15, 0.2) is 5.82 Å². The van der Waals surface area contributed by atoms with Crippen molar-refractivity contribution < 1.29 is 0 Å². The molecule has 0 saturated carbocycles. The molecule has 1 aromatic heterocycles. The minimum atomic E-state index is 0.455. The molecule has 0 spiro atoms. The molecule has 4 aromatic rings. The quantitative estimate of drug-likeness (QED) is 0.590. The lowest BCUT2D eigenvalue weighted by molar-refractivity contribution is 1.30. The Morgan fingerprint density at radius 3 is 1.74 bits per heavy atom. The molecule has 3 heteroatoms. The molecule has 0 aliphatic carbocycles. The van der Waals surface area contributed by atoms with Crippen molar-refractivity contribution in [3.8, 4) is 22.4 Å². The first-order valence-corrected chi connectivity index (χ1v) is 7.49. The molecule has 3 aromatic carbocycles. The van der Waals surface area contributed by atoms with Crippen molar-refractivity contribution in [3.05, 3.63) is 78.9 Å². The van der Waals surface area contributed by atoms with E-state index in [1.807, 2.05) is 54.6 Å². The summed E-state index contributed by atoms with van der Waals surface area (Å²) in [4.78, 5) is 9.11. The molecule has 2 N–H and O–H groups in total. The molecule has 0 bridgehead atoms. The molecule has 0 aliphatic rings. The van der Waals surface area contributed by atoms with Gasteiger partial charge in [0.05, 0.1) is 11.0 Å². The number of benzene rings is 3. The summed E-state index contributed by atoms with van der Waals surface area (Å²) in [5.74, 6) is 0.455. The molecule has 4 rings (SSSR count). The monoisotopic (exact) mass is 297 g/mol. The van der Waals surface area contributed by atoms with Crippen LogP contribution < -0.4 is 5.73 Å². The first-order chi connectivity index (χ1) is 11.3. The van der Waals surface area contributed by atoms with Crippen LogP contribution >= 0.6 is 0 Å². The van der Waals surface area contributed by atoms with Crippen molar-refractivity contribution in [1.82, 2.24) is 9.97 Å². The SMILES string of the molecule is Nc1nc2ccccc2nc1-c1ccc(-c2ccccc2)cc1. The first-order valence-electron chi connectivity index (χ1n) is 7.49. The van der Waals surface area contributed by atoms with E-state index in [0.717, 1.165) is 22.3 Å². The number of nitrogen functional groups attached to an aromatic ring is 1. The third-order valence-electron chi connectivity index (χ3n) is 3.86. The molecule has 0 unspecified atom stereocenters. The van der Waals surface area contributed by atoms with E-state index in [4.69, 9.17) is 5.73 Å². The van der Waals surface area contributed by atoms with Crippen molar-refractivity contribution in [2.75, 3.05) is 5.73 Å². The van der Waals surface area contributed by atoms with Gasteiger partial charge in [0.25, 0.3) is 0 Å². The fourth-order valence-electron chi connectivity index (χ4n) is 2.68. The summed E-state index contributed by atoms with van der Waals surface area (Å²) in [5, 5.41) is 0. The second kappa shape index (κ2) is 5.54. The van der Waals surface area contributed by atoms with Gasteiger partial charge in [-0.3, -0.25) is 0 Å². The number of hydrogen-bond acceptors (Lipinski definition) is 3. The van der Waals surface area contributed by atoms with Crippen LogP contribution in [0.4, 0.5) is 5.82 Å². The van der Waals surface area contributed by atoms with Crippen LogP contribution in [-0.4, -0.2) is 9.97 Å². The highest BCUT2D eigenvalue weighted by atomic mass is 14.9. The van der Waals surface area contributed by atoms with Gasteiger partial charge in [0.1, 0.15) is 5.69 Å². The van der Waals surface area contributed by atoms with Gasteiger partial charge >= 0.3 is 0 Å². The first kappa shape index (κ1) is 13.5. The van der Waals surface area contributed by atoms with E-state index >= 15 is 0 Å². The van der Waals surface area contributed by atoms with Crippen molar-refractivity contribution in [2.45, 2.75) is 0 Å². The lowest BCUT2D eigenvalue weighted by Gasteiger charge is -2.08. The Labute approximate surface area is 134 Å². The Balaban J connectivity index is 1.78. The van der Waals surface area contributed by atoms with E-state index in [1.54, 1.807) is 0 Å². The van der Waals surface area contributed by atoms with Crippen molar-refractivity contribution >= 4 is 16.9 Å². The second-order valence-electron chi connectivity index (χ2n) is 5.39. The zero-order chi connectivity index (χ0) is 15.6. The molecule has 0 aliphatic heterocycles. The van der Waals surface area contributed by atoms with E-state index in [1.165, 1.54) is 11.1 Å². The minimum Gasteiger partial charge on any atom is -0.382 e. The number of hydrogen-bond donors (Lipinski definition) is 1. The van der Waals surface area contributed by atoms with Crippen LogP contribution in [0.5, 0.6) is 0 Å². The Kier molecular flexibility index (Phi) is 3.24. The predicted octanol–water partition coefficient (Wildman–Crippen LogP) is 4.55. The van der Waals surface area contributed by atoms with Gasteiger partial charge in [0.2, 0.25) is 0 Å². The molecule has 0 saturated heterocycles. The maximum Gasteiger partial charge on any atom is 0.150 e. The summed E-state index contributed by atoms with van der Waals surface area (Å²) in [6.07, 6.45) is 0. The average Bonchev–Trinajstić information content (AvgIpc) is 2.62. The molecule has 23 heavy (non-hydrogen) atoms. The van der Waals surface area contributed by atoms with Crippen LogP contribution in [0.1, 0.15) is 0 Å². The van der Waals surface area contributed by atoms with Crippen LogP contribution in [-0.2, 0) is 0 Å².